The van der Waals surface area contributed by atoms with Gasteiger partial charge in [-0.25, -0.2) is 0 Å². The summed E-state index contributed by atoms with van der Waals surface area (Å²) in [7, 11) is 0. The molecule has 0 fully saturated rings. The lowest BCUT2D eigenvalue weighted by molar-refractivity contribution is -0.167. The van der Waals surface area contributed by atoms with Gasteiger partial charge in [-0.15, -0.1) is 0 Å². The van der Waals surface area contributed by atoms with E-state index in [1.807, 2.05) is 0 Å². The molecule has 0 bridgehead atoms. The quantitative estimate of drug-likeness (QED) is 0.0261. The summed E-state index contributed by atoms with van der Waals surface area (Å²) in [6.07, 6.45) is 79.9. The fourth-order valence-electron chi connectivity index (χ4n) is 9.80. The van der Waals surface area contributed by atoms with E-state index in [-0.39, 0.29) is 31.1 Å². The van der Waals surface area contributed by atoms with E-state index in [1.54, 1.807) is 0 Å². The highest BCUT2D eigenvalue weighted by Gasteiger charge is 2.19. The molecule has 0 saturated carbocycles. The fourth-order valence-corrected chi connectivity index (χ4v) is 9.80. The molecule has 0 radical (unpaired) electrons. The van der Waals surface area contributed by atoms with Gasteiger partial charge in [0, 0.05) is 19.3 Å². The SMILES string of the molecule is CCCCC/C=C\C/C=C\CCCCCCCC(=O)OC(COC(=O)CCCCCCCCCCCCCCC)COC(=O)CCCCCCCCCCCCCCCCCCC/C=C\C/C=C\CCCCCCC. The van der Waals surface area contributed by atoms with Gasteiger partial charge in [0.25, 0.3) is 0 Å². The Morgan fingerprint density at radius 1 is 0.267 bits per heavy atom. The number of rotatable bonds is 61. The van der Waals surface area contributed by atoms with E-state index >= 15 is 0 Å². The molecular weight excluding hydrogens is 925 g/mol. The number of unbranched alkanes of at least 4 members (excludes halogenated alkanes) is 42. The lowest BCUT2D eigenvalue weighted by Gasteiger charge is -2.18. The van der Waals surface area contributed by atoms with E-state index in [4.69, 9.17) is 14.2 Å². The van der Waals surface area contributed by atoms with Crippen molar-refractivity contribution in [2.45, 2.75) is 361 Å². The van der Waals surface area contributed by atoms with Crippen LogP contribution in [0.5, 0.6) is 0 Å². The van der Waals surface area contributed by atoms with Gasteiger partial charge < -0.3 is 14.2 Å². The summed E-state index contributed by atoms with van der Waals surface area (Å²) in [6.45, 7) is 6.64. The zero-order valence-electron chi connectivity index (χ0n) is 50.3. The second-order valence-corrected chi connectivity index (χ2v) is 22.4. The lowest BCUT2D eigenvalue weighted by atomic mass is 10.0. The van der Waals surface area contributed by atoms with Crippen molar-refractivity contribution in [3.8, 4) is 0 Å². The number of ether oxygens (including phenoxy) is 3. The number of allylic oxidation sites excluding steroid dienone is 8. The van der Waals surface area contributed by atoms with Crippen LogP contribution in [0.2, 0.25) is 0 Å². The Balaban J connectivity index is 4.18. The van der Waals surface area contributed by atoms with Crippen molar-refractivity contribution in [1.29, 1.82) is 0 Å². The number of carbonyl (C=O) groups is 3. The van der Waals surface area contributed by atoms with Crippen LogP contribution in [0.3, 0.4) is 0 Å². The molecule has 0 spiro atoms. The summed E-state index contributed by atoms with van der Waals surface area (Å²) in [5, 5.41) is 0. The third-order valence-electron chi connectivity index (χ3n) is 14.8. The van der Waals surface area contributed by atoms with E-state index < -0.39 is 6.10 Å². The molecule has 6 nitrogen and oxygen atoms in total. The summed E-state index contributed by atoms with van der Waals surface area (Å²) >= 11 is 0. The Labute approximate surface area is 467 Å². The molecule has 0 N–H and O–H groups in total. The van der Waals surface area contributed by atoms with Crippen LogP contribution in [0.15, 0.2) is 48.6 Å². The van der Waals surface area contributed by atoms with Gasteiger partial charge in [0.1, 0.15) is 13.2 Å². The van der Waals surface area contributed by atoms with Gasteiger partial charge in [-0.2, -0.15) is 0 Å². The number of hydrogen-bond acceptors (Lipinski definition) is 6. The molecule has 6 heteroatoms. The van der Waals surface area contributed by atoms with Crippen molar-refractivity contribution in [2.75, 3.05) is 13.2 Å². The molecule has 0 saturated heterocycles. The van der Waals surface area contributed by atoms with Gasteiger partial charge in [-0.05, 0) is 83.5 Å². The first-order valence-electron chi connectivity index (χ1n) is 33.1. The van der Waals surface area contributed by atoms with Crippen LogP contribution in [0.25, 0.3) is 0 Å². The molecule has 0 aliphatic rings. The normalized spacial score (nSPS) is 12.3. The Morgan fingerprint density at radius 2 is 0.480 bits per heavy atom. The fraction of sp³-hybridized carbons (Fsp3) is 0.841. The second kappa shape index (κ2) is 63.9. The molecule has 0 aromatic carbocycles. The predicted octanol–water partition coefficient (Wildman–Crippen LogP) is 22.6. The maximum absolute atomic E-state index is 12.9. The van der Waals surface area contributed by atoms with Gasteiger partial charge >= 0.3 is 17.9 Å². The topological polar surface area (TPSA) is 78.9 Å². The summed E-state index contributed by atoms with van der Waals surface area (Å²) < 4.78 is 16.9. The molecule has 0 aromatic rings. The summed E-state index contributed by atoms with van der Waals surface area (Å²) in [6, 6.07) is 0. The molecule has 0 rings (SSSR count). The largest absolute Gasteiger partial charge is 0.462 e. The lowest BCUT2D eigenvalue weighted by Crippen LogP contribution is -2.30. The Morgan fingerprint density at radius 3 is 0.760 bits per heavy atom. The van der Waals surface area contributed by atoms with Gasteiger partial charge in [0.05, 0.1) is 0 Å². The maximum Gasteiger partial charge on any atom is 0.306 e. The maximum atomic E-state index is 12.9. The van der Waals surface area contributed by atoms with Crippen molar-refractivity contribution in [3.05, 3.63) is 48.6 Å². The van der Waals surface area contributed by atoms with Crippen molar-refractivity contribution < 1.29 is 28.6 Å². The molecule has 0 aromatic heterocycles. The third-order valence-corrected chi connectivity index (χ3v) is 14.8. The first kappa shape index (κ1) is 72.4. The standard InChI is InChI=1S/C69H126O6/c1-4-7-10-13-16-19-22-25-27-28-29-30-31-32-33-34-35-36-37-38-39-40-42-44-47-50-53-56-59-62-68(71)74-65-66(64-73-67(70)61-58-55-52-49-46-43-24-21-18-15-12-9-6-3)75-69(72)63-60-57-54-51-48-45-41-26-23-20-17-14-11-8-5-2/h17,20,22,25-26,28-29,41,66H,4-16,18-19,21,23-24,27,30-40,42-65H2,1-3H3/b20-17-,25-22-,29-28-,41-26-. The number of carbonyl (C=O) groups excluding carboxylic acids is 3. The average molecular weight is 1050 g/mol. The van der Waals surface area contributed by atoms with E-state index in [0.717, 1.165) is 89.9 Å². The van der Waals surface area contributed by atoms with Crippen LogP contribution in [0, 0.1) is 0 Å². The van der Waals surface area contributed by atoms with Gasteiger partial charge in [-0.1, -0.05) is 301 Å². The highest BCUT2D eigenvalue weighted by molar-refractivity contribution is 5.71. The van der Waals surface area contributed by atoms with Crippen LogP contribution in [-0.2, 0) is 28.6 Å². The number of hydrogen-bond donors (Lipinski definition) is 0. The molecular formula is C69H126O6. The van der Waals surface area contributed by atoms with E-state index in [0.29, 0.717) is 19.3 Å². The smallest absolute Gasteiger partial charge is 0.306 e. The molecule has 0 aliphatic heterocycles. The zero-order chi connectivity index (χ0) is 54.3. The minimum atomic E-state index is -0.777. The zero-order valence-corrected chi connectivity index (χ0v) is 50.3. The first-order chi connectivity index (χ1) is 37.0. The third kappa shape index (κ3) is 62.1. The molecule has 0 aliphatic carbocycles. The van der Waals surface area contributed by atoms with Crippen LogP contribution in [-0.4, -0.2) is 37.2 Å². The summed E-state index contributed by atoms with van der Waals surface area (Å²) in [5.41, 5.74) is 0. The molecule has 0 heterocycles. The molecule has 1 atom stereocenters. The Bertz CT molecular complexity index is 1300. The van der Waals surface area contributed by atoms with E-state index in [1.165, 1.54) is 225 Å². The molecule has 1 unspecified atom stereocenters. The monoisotopic (exact) mass is 1050 g/mol. The van der Waals surface area contributed by atoms with Gasteiger partial charge in [0.15, 0.2) is 6.10 Å². The summed E-state index contributed by atoms with van der Waals surface area (Å²) in [4.78, 5) is 38.3. The van der Waals surface area contributed by atoms with Crippen molar-refractivity contribution in [2.24, 2.45) is 0 Å². The van der Waals surface area contributed by atoms with Crippen LogP contribution >= 0.6 is 0 Å². The van der Waals surface area contributed by atoms with Crippen molar-refractivity contribution in [1.82, 2.24) is 0 Å². The Hall–Kier alpha value is -2.63. The average Bonchev–Trinajstić information content (AvgIpc) is 3.41. The highest BCUT2D eigenvalue weighted by Crippen LogP contribution is 2.17. The van der Waals surface area contributed by atoms with Crippen molar-refractivity contribution in [3.63, 3.8) is 0 Å². The minimum absolute atomic E-state index is 0.0741. The van der Waals surface area contributed by atoms with Gasteiger partial charge in [-0.3, -0.25) is 14.4 Å². The molecule has 75 heavy (non-hydrogen) atoms. The van der Waals surface area contributed by atoms with Crippen LogP contribution < -0.4 is 0 Å². The predicted molar refractivity (Wildman–Crippen MR) is 325 cm³/mol. The minimum Gasteiger partial charge on any atom is -0.462 e. The van der Waals surface area contributed by atoms with E-state index in [9.17, 15) is 14.4 Å². The summed E-state index contributed by atoms with van der Waals surface area (Å²) in [5.74, 6) is -0.867. The number of esters is 3. The van der Waals surface area contributed by atoms with Crippen LogP contribution in [0.4, 0.5) is 0 Å². The van der Waals surface area contributed by atoms with E-state index in [2.05, 4.69) is 69.4 Å². The second-order valence-electron chi connectivity index (χ2n) is 22.4. The Kier molecular flexibility index (Phi) is 61.7. The molecule has 0 amide bonds. The van der Waals surface area contributed by atoms with Gasteiger partial charge in [0.2, 0.25) is 0 Å². The van der Waals surface area contributed by atoms with Crippen molar-refractivity contribution >= 4 is 17.9 Å². The molecule has 438 valence electrons. The first-order valence-corrected chi connectivity index (χ1v) is 33.1. The highest BCUT2D eigenvalue weighted by atomic mass is 16.6. The van der Waals surface area contributed by atoms with Crippen LogP contribution in [0.1, 0.15) is 355 Å².